The number of carbonyl (C=O) groups excluding carboxylic acids is 1. The van der Waals surface area contributed by atoms with Gasteiger partial charge in [0, 0.05) is 23.4 Å². The highest BCUT2D eigenvalue weighted by atomic mass is 35.5. The molecule has 1 aliphatic heterocycles. The van der Waals surface area contributed by atoms with E-state index in [-0.39, 0.29) is 23.8 Å². The van der Waals surface area contributed by atoms with Crippen molar-refractivity contribution in [2.75, 3.05) is 19.7 Å². The van der Waals surface area contributed by atoms with E-state index >= 15 is 0 Å². The van der Waals surface area contributed by atoms with Crippen LogP contribution in [0.25, 0.3) is 0 Å². The molecule has 5 heteroatoms. The fourth-order valence-electron chi connectivity index (χ4n) is 3.25. The Bertz CT molecular complexity index is 683. The minimum atomic E-state index is -0.0780. The van der Waals surface area contributed by atoms with Crippen molar-refractivity contribution in [1.82, 2.24) is 4.90 Å². The summed E-state index contributed by atoms with van der Waals surface area (Å²) < 4.78 is 11.2. The second kappa shape index (κ2) is 6.02. The van der Waals surface area contributed by atoms with Gasteiger partial charge in [0.15, 0.2) is 0 Å². The number of hydrogen-bond donors (Lipinski definition) is 0. The van der Waals surface area contributed by atoms with Crippen molar-refractivity contribution in [1.29, 1.82) is 0 Å². The van der Waals surface area contributed by atoms with Crippen LogP contribution in [-0.2, 0) is 9.53 Å². The van der Waals surface area contributed by atoms with E-state index in [0.29, 0.717) is 24.7 Å². The predicted molar refractivity (Wildman–Crippen MR) is 86.3 cm³/mol. The van der Waals surface area contributed by atoms with E-state index in [1.807, 2.05) is 41.3 Å². The Balaban J connectivity index is 1.41. The lowest BCUT2D eigenvalue weighted by molar-refractivity contribution is -0.140. The molecule has 1 aromatic heterocycles. The molecule has 4 nitrogen and oxygen atoms in total. The molecule has 3 atom stereocenters. The minimum absolute atomic E-state index is 0.0603. The average Bonchev–Trinajstić information content (AvgIpc) is 3.20. The van der Waals surface area contributed by atoms with E-state index in [2.05, 4.69) is 0 Å². The SMILES string of the molecule is O=C([C@@H]1C[C@H]1c1ccco1)N1CCO[C@@H](c2ccc(Cl)cc2)C1. The molecular weight excluding hydrogens is 314 g/mol. The van der Waals surface area contributed by atoms with Crippen LogP contribution < -0.4 is 0 Å². The molecular formula is C18H18ClNO3. The highest BCUT2D eigenvalue weighted by molar-refractivity contribution is 6.30. The standard InChI is InChI=1S/C18H18ClNO3/c19-13-5-3-12(4-6-13)17-11-20(7-9-23-17)18(21)15-10-14(15)16-2-1-8-22-16/h1-6,8,14-15,17H,7,9-11H2/t14-,15-,17-/m1/s1. The van der Waals surface area contributed by atoms with E-state index in [4.69, 9.17) is 20.8 Å². The molecule has 23 heavy (non-hydrogen) atoms. The Morgan fingerprint density at radius 3 is 2.78 bits per heavy atom. The molecule has 1 aliphatic carbocycles. The van der Waals surface area contributed by atoms with Crippen LogP contribution in [0, 0.1) is 5.92 Å². The maximum Gasteiger partial charge on any atom is 0.226 e. The highest BCUT2D eigenvalue weighted by Crippen LogP contribution is 2.48. The molecule has 0 unspecified atom stereocenters. The summed E-state index contributed by atoms with van der Waals surface area (Å²) in [5, 5.41) is 0.705. The summed E-state index contributed by atoms with van der Waals surface area (Å²) in [7, 11) is 0. The Kier molecular flexibility index (Phi) is 3.87. The van der Waals surface area contributed by atoms with Gasteiger partial charge in [-0.3, -0.25) is 4.79 Å². The summed E-state index contributed by atoms with van der Waals surface area (Å²) in [5.74, 6) is 1.44. The van der Waals surface area contributed by atoms with E-state index in [9.17, 15) is 4.79 Å². The normalized spacial score (nSPS) is 27.0. The molecule has 2 aliphatic rings. The van der Waals surface area contributed by atoms with Gasteiger partial charge in [0.1, 0.15) is 11.9 Å². The molecule has 0 N–H and O–H groups in total. The van der Waals surface area contributed by atoms with Crippen molar-refractivity contribution >= 4 is 17.5 Å². The Morgan fingerprint density at radius 1 is 1.22 bits per heavy atom. The second-order valence-corrected chi connectivity index (χ2v) is 6.60. The molecule has 1 saturated carbocycles. The van der Waals surface area contributed by atoms with Gasteiger partial charge in [0.05, 0.1) is 19.4 Å². The summed E-state index contributed by atoms with van der Waals surface area (Å²) in [6.07, 6.45) is 2.47. The van der Waals surface area contributed by atoms with E-state index in [1.54, 1.807) is 6.26 Å². The van der Waals surface area contributed by atoms with Crippen molar-refractivity contribution in [3.63, 3.8) is 0 Å². The smallest absolute Gasteiger partial charge is 0.226 e. The number of morpholine rings is 1. The van der Waals surface area contributed by atoms with Gasteiger partial charge in [-0.05, 0) is 36.2 Å². The average molecular weight is 332 g/mol. The van der Waals surface area contributed by atoms with Gasteiger partial charge in [-0.25, -0.2) is 0 Å². The number of rotatable bonds is 3. The van der Waals surface area contributed by atoms with E-state index < -0.39 is 0 Å². The number of amides is 1. The van der Waals surface area contributed by atoms with Crippen LogP contribution in [0.1, 0.15) is 29.8 Å². The number of halogens is 1. The van der Waals surface area contributed by atoms with Crippen LogP contribution in [0.15, 0.2) is 47.1 Å². The maximum atomic E-state index is 12.7. The largest absolute Gasteiger partial charge is 0.469 e. The molecule has 2 fully saturated rings. The number of nitrogens with zero attached hydrogens (tertiary/aromatic N) is 1. The number of furan rings is 1. The van der Waals surface area contributed by atoms with E-state index in [1.165, 1.54) is 0 Å². The van der Waals surface area contributed by atoms with Gasteiger partial charge in [0.25, 0.3) is 0 Å². The molecule has 1 saturated heterocycles. The van der Waals surface area contributed by atoms with Crippen molar-refractivity contribution in [2.45, 2.75) is 18.4 Å². The fourth-order valence-corrected chi connectivity index (χ4v) is 3.37. The first-order valence-corrected chi connectivity index (χ1v) is 8.29. The monoisotopic (exact) mass is 331 g/mol. The van der Waals surface area contributed by atoms with E-state index in [0.717, 1.165) is 17.7 Å². The van der Waals surface area contributed by atoms with Gasteiger partial charge in [-0.1, -0.05) is 23.7 Å². The quantitative estimate of drug-likeness (QED) is 0.862. The lowest BCUT2D eigenvalue weighted by Crippen LogP contribution is -2.43. The Morgan fingerprint density at radius 2 is 2.04 bits per heavy atom. The molecule has 0 radical (unpaired) electrons. The third-order valence-corrected chi connectivity index (χ3v) is 4.89. The topological polar surface area (TPSA) is 42.7 Å². The summed E-state index contributed by atoms with van der Waals surface area (Å²) in [5.41, 5.74) is 1.06. The lowest BCUT2D eigenvalue weighted by Gasteiger charge is -2.33. The molecule has 0 bridgehead atoms. The minimum Gasteiger partial charge on any atom is -0.469 e. The first-order chi connectivity index (χ1) is 11.2. The Hall–Kier alpha value is -1.78. The fraction of sp³-hybridized carbons (Fsp3) is 0.389. The molecule has 1 amide bonds. The summed E-state index contributed by atoms with van der Waals surface area (Å²) >= 11 is 5.93. The van der Waals surface area contributed by atoms with Crippen LogP contribution in [-0.4, -0.2) is 30.5 Å². The van der Waals surface area contributed by atoms with Crippen molar-refractivity contribution in [3.05, 3.63) is 59.0 Å². The number of benzene rings is 1. The molecule has 1 aromatic carbocycles. The Labute approximate surface area is 140 Å². The third kappa shape index (κ3) is 3.01. The highest BCUT2D eigenvalue weighted by Gasteiger charge is 2.48. The number of ether oxygens (including phenoxy) is 1. The molecule has 2 heterocycles. The van der Waals surface area contributed by atoms with Gasteiger partial charge < -0.3 is 14.1 Å². The first-order valence-electron chi connectivity index (χ1n) is 7.91. The van der Waals surface area contributed by atoms with Crippen LogP contribution in [0.5, 0.6) is 0 Å². The predicted octanol–water partition coefficient (Wildman–Crippen LogP) is 3.64. The zero-order valence-corrected chi connectivity index (χ0v) is 13.4. The first kappa shape index (κ1) is 14.8. The van der Waals surface area contributed by atoms with Crippen molar-refractivity contribution in [3.8, 4) is 0 Å². The summed E-state index contributed by atoms with van der Waals surface area (Å²) in [4.78, 5) is 14.6. The number of hydrogen-bond acceptors (Lipinski definition) is 3. The number of carbonyl (C=O) groups is 1. The van der Waals surface area contributed by atoms with Crippen LogP contribution in [0.2, 0.25) is 5.02 Å². The van der Waals surface area contributed by atoms with Gasteiger partial charge in [0.2, 0.25) is 5.91 Å². The van der Waals surface area contributed by atoms with Gasteiger partial charge >= 0.3 is 0 Å². The zero-order chi connectivity index (χ0) is 15.8. The molecule has 120 valence electrons. The lowest BCUT2D eigenvalue weighted by atomic mass is 10.1. The van der Waals surface area contributed by atoms with Crippen molar-refractivity contribution in [2.24, 2.45) is 5.92 Å². The summed E-state index contributed by atoms with van der Waals surface area (Å²) in [6, 6.07) is 11.5. The molecule has 4 rings (SSSR count). The van der Waals surface area contributed by atoms with Crippen LogP contribution >= 0.6 is 11.6 Å². The molecule has 2 aromatic rings. The zero-order valence-electron chi connectivity index (χ0n) is 12.7. The van der Waals surface area contributed by atoms with Gasteiger partial charge in [-0.2, -0.15) is 0 Å². The molecule has 0 spiro atoms. The van der Waals surface area contributed by atoms with Gasteiger partial charge in [-0.15, -0.1) is 0 Å². The van der Waals surface area contributed by atoms with Crippen molar-refractivity contribution < 1.29 is 13.9 Å². The third-order valence-electron chi connectivity index (χ3n) is 4.64. The summed E-state index contributed by atoms with van der Waals surface area (Å²) in [6.45, 7) is 1.82. The second-order valence-electron chi connectivity index (χ2n) is 6.16. The van der Waals surface area contributed by atoms with Crippen LogP contribution in [0.3, 0.4) is 0 Å². The maximum absolute atomic E-state index is 12.7. The van der Waals surface area contributed by atoms with Crippen LogP contribution in [0.4, 0.5) is 0 Å².